The van der Waals surface area contributed by atoms with Crippen molar-refractivity contribution in [2.75, 3.05) is 18.1 Å². The summed E-state index contributed by atoms with van der Waals surface area (Å²) in [4.78, 5) is 24.4. The van der Waals surface area contributed by atoms with Gasteiger partial charge >= 0.3 is 11.9 Å². The number of benzene rings is 2. The van der Waals surface area contributed by atoms with Crippen LogP contribution in [0.3, 0.4) is 0 Å². The van der Waals surface area contributed by atoms with Crippen molar-refractivity contribution in [3.63, 3.8) is 0 Å². The van der Waals surface area contributed by atoms with Gasteiger partial charge in [0.15, 0.2) is 0 Å². The number of carbonyl (C=O) groups is 2. The first-order chi connectivity index (χ1) is 15.9. The molecule has 1 saturated carbocycles. The molecule has 0 aromatic heterocycles. The third-order valence-electron chi connectivity index (χ3n) is 5.44. The van der Waals surface area contributed by atoms with Crippen LogP contribution in [0.5, 0.6) is 0 Å². The van der Waals surface area contributed by atoms with Crippen molar-refractivity contribution in [2.45, 2.75) is 44.5 Å². The minimum atomic E-state index is -0.506. The molecule has 2 aromatic carbocycles. The Morgan fingerprint density at radius 1 is 1.00 bits per heavy atom. The molecule has 174 valence electrons. The molecule has 0 amide bonds. The molecule has 2 aromatic rings. The van der Waals surface area contributed by atoms with Crippen LogP contribution in [-0.2, 0) is 25.6 Å². The summed E-state index contributed by atoms with van der Waals surface area (Å²) in [6, 6.07) is 11.9. The minimum absolute atomic E-state index is 0.0348. The van der Waals surface area contributed by atoms with Gasteiger partial charge in [-0.25, -0.2) is 9.59 Å². The molecule has 0 saturated heterocycles. The fraction of sp³-hybridized carbons (Fsp3) is 0.308. The van der Waals surface area contributed by atoms with Gasteiger partial charge in [0, 0.05) is 23.0 Å². The highest BCUT2D eigenvalue weighted by molar-refractivity contribution is 5.90. The second kappa shape index (κ2) is 11.9. The van der Waals surface area contributed by atoms with E-state index in [0.29, 0.717) is 29.1 Å². The molecule has 3 rings (SSSR count). The standard InChI is InChI=1S/C26H30N2O5/c1-2-15-31-22-9-11-23(12-10-22)33-26(30)19-6-3-18(4-7-19)5-14-25(29)32-17-20-16-21(27)8-13-24(20)28/h2-8,13-14,16,22-23H,1,9-12,15,17,27-28H2/b14-5+. The van der Waals surface area contributed by atoms with E-state index in [0.717, 1.165) is 31.2 Å². The second-order valence-electron chi connectivity index (χ2n) is 7.95. The van der Waals surface area contributed by atoms with Gasteiger partial charge in [0.1, 0.15) is 12.7 Å². The molecule has 0 unspecified atom stereocenters. The van der Waals surface area contributed by atoms with E-state index in [9.17, 15) is 9.59 Å². The van der Waals surface area contributed by atoms with Crippen LogP contribution in [0.15, 0.2) is 61.2 Å². The van der Waals surface area contributed by atoms with Crippen molar-refractivity contribution >= 4 is 29.4 Å². The van der Waals surface area contributed by atoms with Crippen molar-refractivity contribution in [2.24, 2.45) is 0 Å². The number of anilines is 2. The summed E-state index contributed by atoms with van der Waals surface area (Å²) in [6.07, 6.45) is 8.11. The summed E-state index contributed by atoms with van der Waals surface area (Å²) in [5, 5.41) is 0. The van der Waals surface area contributed by atoms with Crippen LogP contribution in [0.4, 0.5) is 11.4 Å². The maximum atomic E-state index is 12.4. The Kier molecular flexibility index (Phi) is 8.66. The first-order valence-electron chi connectivity index (χ1n) is 11.0. The van der Waals surface area contributed by atoms with Gasteiger partial charge in [-0.3, -0.25) is 0 Å². The molecule has 1 aliphatic carbocycles. The largest absolute Gasteiger partial charge is 0.459 e. The van der Waals surface area contributed by atoms with Crippen LogP contribution in [0.25, 0.3) is 6.08 Å². The Labute approximate surface area is 194 Å². The molecule has 0 atom stereocenters. The van der Waals surface area contributed by atoms with E-state index in [2.05, 4.69) is 6.58 Å². The monoisotopic (exact) mass is 450 g/mol. The van der Waals surface area contributed by atoms with E-state index in [-0.39, 0.29) is 24.8 Å². The van der Waals surface area contributed by atoms with Gasteiger partial charge in [0.25, 0.3) is 0 Å². The third kappa shape index (κ3) is 7.50. The normalized spacial score (nSPS) is 18.1. The smallest absolute Gasteiger partial charge is 0.338 e. The molecule has 0 radical (unpaired) electrons. The van der Waals surface area contributed by atoms with Gasteiger partial charge in [-0.05, 0) is 67.7 Å². The number of carbonyl (C=O) groups excluding carboxylic acids is 2. The molecule has 1 aliphatic rings. The zero-order chi connectivity index (χ0) is 23.6. The summed E-state index contributed by atoms with van der Waals surface area (Å²) in [5.41, 5.74) is 14.5. The number of esters is 2. The zero-order valence-corrected chi connectivity index (χ0v) is 18.6. The van der Waals surface area contributed by atoms with Crippen LogP contribution in [-0.4, -0.2) is 30.8 Å². The van der Waals surface area contributed by atoms with E-state index in [1.54, 1.807) is 54.6 Å². The molecule has 4 N–H and O–H groups in total. The predicted molar refractivity (Wildman–Crippen MR) is 128 cm³/mol. The predicted octanol–water partition coefficient (Wildman–Crippen LogP) is 4.28. The minimum Gasteiger partial charge on any atom is -0.459 e. The van der Waals surface area contributed by atoms with Crippen molar-refractivity contribution < 1.29 is 23.8 Å². The molecule has 0 bridgehead atoms. The summed E-state index contributed by atoms with van der Waals surface area (Å²) in [5.74, 6) is -0.854. The highest BCUT2D eigenvalue weighted by Crippen LogP contribution is 2.24. The molecule has 7 heteroatoms. The Balaban J connectivity index is 1.45. The lowest BCUT2D eigenvalue weighted by molar-refractivity contribution is -0.138. The summed E-state index contributed by atoms with van der Waals surface area (Å²) >= 11 is 0. The van der Waals surface area contributed by atoms with Crippen LogP contribution in [0.2, 0.25) is 0 Å². The first kappa shape index (κ1) is 24.1. The Bertz CT molecular complexity index is 992. The molecular weight excluding hydrogens is 420 g/mol. The molecule has 0 aliphatic heterocycles. The fourth-order valence-corrected chi connectivity index (χ4v) is 3.58. The van der Waals surface area contributed by atoms with E-state index in [4.69, 9.17) is 25.7 Å². The van der Waals surface area contributed by atoms with Crippen molar-refractivity contribution in [3.8, 4) is 0 Å². The van der Waals surface area contributed by atoms with Crippen molar-refractivity contribution in [3.05, 3.63) is 77.9 Å². The molecule has 33 heavy (non-hydrogen) atoms. The SMILES string of the molecule is C=CCOC1CCC(OC(=O)c2ccc(/C=C/C(=O)OCc3cc(N)ccc3N)cc2)CC1. The molecule has 1 fully saturated rings. The Hall–Kier alpha value is -3.58. The van der Waals surface area contributed by atoms with E-state index >= 15 is 0 Å². The van der Waals surface area contributed by atoms with Gasteiger partial charge in [0.05, 0.1) is 18.3 Å². The number of ether oxygens (including phenoxy) is 3. The van der Waals surface area contributed by atoms with E-state index < -0.39 is 5.97 Å². The van der Waals surface area contributed by atoms with Crippen LogP contribution in [0.1, 0.15) is 47.2 Å². The van der Waals surface area contributed by atoms with Crippen LogP contribution in [0, 0.1) is 0 Å². The summed E-state index contributed by atoms with van der Waals surface area (Å²) < 4.78 is 16.5. The maximum absolute atomic E-state index is 12.4. The Morgan fingerprint density at radius 2 is 1.70 bits per heavy atom. The lowest BCUT2D eigenvalue weighted by atomic mass is 9.95. The van der Waals surface area contributed by atoms with Gasteiger partial charge in [-0.15, -0.1) is 6.58 Å². The molecule has 0 heterocycles. The van der Waals surface area contributed by atoms with Gasteiger partial charge in [0.2, 0.25) is 0 Å². The maximum Gasteiger partial charge on any atom is 0.338 e. The number of hydrogen-bond donors (Lipinski definition) is 2. The van der Waals surface area contributed by atoms with Crippen molar-refractivity contribution in [1.29, 1.82) is 0 Å². The molecular formula is C26H30N2O5. The first-order valence-corrected chi connectivity index (χ1v) is 11.0. The molecule has 7 nitrogen and oxygen atoms in total. The quantitative estimate of drug-likeness (QED) is 0.254. The van der Waals surface area contributed by atoms with Crippen molar-refractivity contribution in [1.82, 2.24) is 0 Å². The number of hydrogen-bond acceptors (Lipinski definition) is 7. The molecule has 0 spiro atoms. The highest BCUT2D eigenvalue weighted by Gasteiger charge is 2.24. The van der Waals surface area contributed by atoms with Crippen LogP contribution >= 0.6 is 0 Å². The van der Waals surface area contributed by atoms with Gasteiger partial charge in [-0.2, -0.15) is 0 Å². The van der Waals surface area contributed by atoms with E-state index in [1.807, 2.05) is 0 Å². The van der Waals surface area contributed by atoms with Crippen LogP contribution < -0.4 is 11.5 Å². The number of rotatable bonds is 9. The second-order valence-corrected chi connectivity index (χ2v) is 7.95. The lowest BCUT2D eigenvalue weighted by Gasteiger charge is -2.28. The van der Waals surface area contributed by atoms with Gasteiger partial charge < -0.3 is 25.7 Å². The average molecular weight is 451 g/mol. The third-order valence-corrected chi connectivity index (χ3v) is 5.44. The number of nitrogens with two attached hydrogens (primary N) is 2. The van der Waals surface area contributed by atoms with Gasteiger partial charge in [-0.1, -0.05) is 18.2 Å². The average Bonchev–Trinajstić information content (AvgIpc) is 2.83. The van der Waals surface area contributed by atoms with E-state index in [1.165, 1.54) is 6.08 Å². The highest BCUT2D eigenvalue weighted by atomic mass is 16.5. The lowest BCUT2D eigenvalue weighted by Crippen LogP contribution is -2.28. The summed E-state index contributed by atoms with van der Waals surface area (Å²) in [6.45, 7) is 4.24. The topological polar surface area (TPSA) is 114 Å². The zero-order valence-electron chi connectivity index (χ0n) is 18.6. The Morgan fingerprint density at radius 3 is 2.39 bits per heavy atom. The summed E-state index contributed by atoms with van der Waals surface area (Å²) in [7, 11) is 0. The number of nitrogen functional groups attached to an aromatic ring is 2. The fourth-order valence-electron chi connectivity index (χ4n) is 3.58.